The molecule has 2 atom stereocenters. The first-order valence-electron chi connectivity index (χ1n) is 10.9. The number of benzene rings is 1. The summed E-state index contributed by atoms with van der Waals surface area (Å²) in [6.45, 7) is 4.10. The van der Waals surface area contributed by atoms with Gasteiger partial charge in [0.2, 0.25) is 12.0 Å². The van der Waals surface area contributed by atoms with Gasteiger partial charge in [0.1, 0.15) is 17.5 Å². The average molecular weight is 497 g/mol. The molecule has 0 spiro atoms. The van der Waals surface area contributed by atoms with E-state index in [9.17, 15) is 4.79 Å². The number of hydrogen-bond donors (Lipinski definition) is 1. The van der Waals surface area contributed by atoms with Gasteiger partial charge in [-0.3, -0.25) is 4.79 Å². The number of fused-ring (bicyclic) bond motifs is 1. The van der Waals surface area contributed by atoms with E-state index in [1.165, 1.54) is 6.33 Å². The fraction of sp³-hybridized carbons (Fsp3) is 0.292. The maximum absolute atomic E-state index is 13.1. The lowest BCUT2D eigenvalue weighted by Crippen LogP contribution is -2.38. The monoisotopic (exact) mass is 496 g/mol. The standard InChI is InChI=1S/C24H25ClN6O4/c1-15-8-9-21(26-10-15)30-23(32)20(13-34-16(2)12-33-3)35-24-17-11-29-31(22(17)27-14-28-24)19-7-5-4-6-18(19)25/h4-11,14,16,20H,12-13H2,1-3H3,(H,26,30,32)/t16?,20-/m0/s1. The second kappa shape index (κ2) is 11.2. The molecule has 0 aliphatic carbocycles. The predicted molar refractivity (Wildman–Crippen MR) is 131 cm³/mol. The molecule has 0 aliphatic rings. The van der Waals surface area contributed by atoms with Crippen LogP contribution in [0.1, 0.15) is 12.5 Å². The number of amides is 1. The van der Waals surface area contributed by atoms with Gasteiger partial charge in [-0.15, -0.1) is 0 Å². The number of nitrogens with zero attached hydrogens (tertiary/aromatic N) is 5. The number of nitrogens with one attached hydrogen (secondary N) is 1. The maximum atomic E-state index is 13.1. The van der Waals surface area contributed by atoms with Gasteiger partial charge in [0, 0.05) is 13.3 Å². The number of rotatable bonds is 10. The summed E-state index contributed by atoms with van der Waals surface area (Å²) in [5.41, 5.74) is 2.12. The first kappa shape index (κ1) is 24.5. The van der Waals surface area contributed by atoms with E-state index in [4.69, 9.17) is 25.8 Å². The number of para-hydroxylation sites is 1. The summed E-state index contributed by atoms with van der Waals surface area (Å²) in [6.07, 6.45) is 3.31. The Balaban J connectivity index is 1.61. The molecule has 1 N–H and O–H groups in total. The molecule has 3 heterocycles. The van der Waals surface area contributed by atoms with Crippen LogP contribution < -0.4 is 10.1 Å². The zero-order valence-electron chi connectivity index (χ0n) is 19.5. The molecule has 0 saturated heterocycles. The highest BCUT2D eigenvalue weighted by atomic mass is 35.5. The minimum Gasteiger partial charge on any atom is -0.461 e. The Kier molecular flexibility index (Phi) is 7.86. The summed E-state index contributed by atoms with van der Waals surface area (Å²) in [7, 11) is 1.58. The van der Waals surface area contributed by atoms with E-state index in [2.05, 4.69) is 25.4 Å². The van der Waals surface area contributed by atoms with E-state index >= 15 is 0 Å². The lowest BCUT2D eigenvalue weighted by Gasteiger charge is -2.20. The number of carbonyl (C=O) groups excluding carboxylic acids is 1. The first-order valence-corrected chi connectivity index (χ1v) is 11.3. The summed E-state index contributed by atoms with van der Waals surface area (Å²) < 4.78 is 18.5. The normalized spacial score (nSPS) is 12.9. The second-order valence-corrected chi connectivity index (χ2v) is 8.25. The molecular weight excluding hydrogens is 472 g/mol. The molecule has 0 fully saturated rings. The van der Waals surface area contributed by atoms with Crippen LogP contribution in [-0.4, -0.2) is 63.2 Å². The summed E-state index contributed by atoms with van der Waals surface area (Å²) in [4.78, 5) is 25.9. The molecule has 35 heavy (non-hydrogen) atoms. The topological polar surface area (TPSA) is 113 Å². The summed E-state index contributed by atoms with van der Waals surface area (Å²) in [5.74, 6) is 0.156. The van der Waals surface area contributed by atoms with Gasteiger partial charge in [-0.2, -0.15) is 5.10 Å². The number of pyridine rings is 1. The molecule has 0 radical (unpaired) electrons. The van der Waals surface area contributed by atoms with Gasteiger partial charge >= 0.3 is 0 Å². The number of methoxy groups -OCH3 is 1. The fourth-order valence-corrected chi connectivity index (χ4v) is 3.51. The molecule has 1 unspecified atom stereocenters. The average Bonchev–Trinajstić information content (AvgIpc) is 3.28. The van der Waals surface area contributed by atoms with Crippen molar-refractivity contribution in [2.24, 2.45) is 0 Å². The molecule has 4 aromatic rings. The Bertz CT molecular complexity index is 1300. The van der Waals surface area contributed by atoms with Crippen molar-refractivity contribution < 1.29 is 19.0 Å². The van der Waals surface area contributed by atoms with E-state index in [1.807, 2.05) is 38.1 Å². The van der Waals surface area contributed by atoms with E-state index in [-0.39, 0.29) is 18.6 Å². The van der Waals surface area contributed by atoms with Crippen molar-refractivity contribution in [2.75, 3.05) is 25.6 Å². The largest absolute Gasteiger partial charge is 0.461 e. The van der Waals surface area contributed by atoms with Crippen molar-refractivity contribution in [3.8, 4) is 11.6 Å². The highest BCUT2D eigenvalue weighted by Gasteiger charge is 2.25. The van der Waals surface area contributed by atoms with Crippen molar-refractivity contribution in [1.82, 2.24) is 24.7 Å². The van der Waals surface area contributed by atoms with Crippen LogP contribution in [-0.2, 0) is 14.3 Å². The Morgan fingerprint density at radius 1 is 1.11 bits per heavy atom. The van der Waals surface area contributed by atoms with Crippen molar-refractivity contribution in [3.05, 3.63) is 65.7 Å². The smallest absolute Gasteiger partial charge is 0.269 e. The van der Waals surface area contributed by atoms with Crippen LogP contribution in [0.3, 0.4) is 0 Å². The molecule has 3 aromatic heterocycles. The molecule has 4 rings (SSSR count). The van der Waals surface area contributed by atoms with Crippen molar-refractivity contribution in [2.45, 2.75) is 26.1 Å². The van der Waals surface area contributed by atoms with E-state index in [0.717, 1.165) is 5.56 Å². The van der Waals surface area contributed by atoms with Crippen LogP contribution in [0.2, 0.25) is 5.02 Å². The van der Waals surface area contributed by atoms with Crippen molar-refractivity contribution in [3.63, 3.8) is 0 Å². The molecule has 182 valence electrons. The third-order valence-electron chi connectivity index (χ3n) is 5.05. The number of anilines is 1. The SMILES string of the molecule is COCC(C)OC[C@H](Oc1ncnc2c1cnn2-c1ccccc1Cl)C(=O)Nc1ccc(C)cn1. The fourth-order valence-electron chi connectivity index (χ4n) is 3.30. The van der Waals surface area contributed by atoms with Gasteiger partial charge in [-0.05, 0) is 37.6 Å². The summed E-state index contributed by atoms with van der Waals surface area (Å²) in [6, 6.07) is 10.8. The first-order chi connectivity index (χ1) is 17.0. The number of aryl methyl sites for hydroxylation is 1. The maximum Gasteiger partial charge on any atom is 0.269 e. The van der Waals surface area contributed by atoms with Gasteiger partial charge in [0.25, 0.3) is 5.91 Å². The Labute approximate surface area is 207 Å². The van der Waals surface area contributed by atoms with Crippen molar-refractivity contribution in [1.29, 1.82) is 0 Å². The number of hydrogen-bond acceptors (Lipinski definition) is 8. The van der Waals surface area contributed by atoms with E-state index < -0.39 is 12.0 Å². The van der Waals surface area contributed by atoms with Crippen LogP contribution in [0, 0.1) is 6.92 Å². The highest BCUT2D eigenvalue weighted by Crippen LogP contribution is 2.27. The summed E-state index contributed by atoms with van der Waals surface area (Å²) in [5, 5.41) is 8.20. The number of aromatic nitrogens is 5. The Morgan fingerprint density at radius 3 is 2.69 bits per heavy atom. The zero-order chi connectivity index (χ0) is 24.8. The number of ether oxygens (including phenoxy) is 3. The van der Waals surface area contributed by atoms with Crippen LogP contribution in [0.25, 0.3) is 16.7 Å². The number of carbonyl (C=O) groups is 1. The van der Waals surface area contributed by atoms with Gasteiger partial charge in [0.15, 0.2) is 5.65 Å². The van der Waals surface area contributed by atoms with Crippen LogP contribution in [0.4, 0.5) is 5.82 Å². The number of halogens is 1. The molecule has 0 aliphatic heterocycles. The molecule has 0 bridgehead atoms. The quantitative estimate of drug-likeness (QED) is 0.354. The van der Waals surface area contributed by atoms with Gasteiger partial charge in [-0.1, -0.05) is 29.8 Å². The highest BCUT2D eigenvalue weighted by molar-refractivity contribution is 6.32. The van der Waals surface area contributed by atoms with Gasteiger partial charge < -0.3 is 19.5 Å². The van der Waals surface area contributed by atoms with Crippen LogP contribution in [0.5, 0.6) is 5.88 Å². The van der Waals surface area contributed by atoms with Crippen molar-refractivity contribution >= 4 is 34.4 Å². The minimum atomic E-state index is -1.03. The lowest BCUT2D eigenvalue weighted by molar-refractivity contribution is -0.127. The Morgan fingerprint density at radius 2 is 1.94 bits per heavy atom. The van der Waals surface area contributed by atoms with Gasteiger partial charge in [-0.25, -0.2) is 19.6 Å². The third kappa shape index (κ3) is 5.91. The zero-order valence-corrected chi connectivity index (χ0v) is 20.3. The van der Waals surface area contributed by atoms with Crippen LogP contribution in [0.15, 0.2) is 55.1 Å². The Hall–Kier alpha value is -3.60. The third-order valence-corrected chi connectivity index (χ3v) is 5.37. The molecule has 1 amide bonds. The van der Waals surface area contributed by atoms with Gasteiger partial charge in [0.05, 0.1) is 36.2 Å². The van der Waals surface area contributed by atoms with Crippen LogP contribution >= 0.6 is 11.6 Å². The van der Waals surface area contributed by atoms with E-state index in [1.54, 1.807) is 36.3 Å². The second-order valence-electron chi connectivity index (χ2n) is 7.84. The van der Waals surface area contributed by atoms with E-state index in [0.29, 0.717) is 34.2 Å². The minimum absolute atomic E-state index is 0.0353. The molecular formula is C24H25ClN6O4. The molecule has 10 nitrogen and oxygen atoms in total. The predicted octanol–water partition coefficient (Wildman–Crippen LogP) is 3.61. The molecule has 1 aromatic carbocycles. The summed E-state index contributed by atoms with van der Waals surface area (Å²) >= 11 is 6.34. The molecule has 0 saturated carbocycles. The lowest BCUT2D eigenvalue weighted by atomic mass is 10.3. The molecule has 11 heteroatoms.